The van der Waals surface area contributed by atoms with Gasteiger partial charge in [-0.15, -0.1) is 11.3 Å². The number of aryl methyl sites for hydroxylation is 1. The van der Waals surface area contributed by atoms with E-state index in [2.05, 4.69) is 17.5 Å². The minimum absolute atomic E-state index is 0.00421. The number of nitrogens with two attached hydrogens (primary N) is 1. The van der Waals surface area contributed by atoms with Gasteiger partial charge in [-0.1, -0.05) is 18.2 Å². The van der Waals surface area contributed by atoms with Crippen molar-refractivity contribution in [3.05, 3.63) is 46.7 Å². The molecule has 4 heteroatoms. The predicted molar refractivity (Wildman–Crippen MR) is 77.0 cm³/mol. The molecule has 2 unspecified atom stereocenters. The summed E-state index contributed by atoms with van der Waals surface area (Å²) >= 11 is 1.77. The molecule has 2 aromatic rings. The highest BCUT2D eigenvalue weighted by molar-refractivity contribution is 7.09. The summed E-state index contributed by atoms with van der Waals surface area (Å²) in [6.07, 6.45) is 1.85. The van der Waals surface area contributed by atoms with E-state index >= 15 is 0 Å². The summed E-state index contributed by atoms with van der Waals surface area (Å²) in [6.45, 7) is 0.530. The fourth-order valence-corrected chi connectivity index (χ4v) is 2.92. The van der Waals surface area contributed by atoms with E-state index in [9.17, 15) is 0 Å². The van der Waals surface area contributed by atoms with Crippen LogP contribution >= 0.6 is 11.3 Å². The molecule has 1 aromatic carbocycles. The van der Waals surface area contributed by atoms with Crippen molar-refractivity contribution in [3.63, 3.8) is 0 Å². The van der Waals surface area contributed by atoms with Crippen molar-refractivity contribution in [2.75, 3.05) is 6.61 Å². The van der Waals surface area contributed by atoms with Gasteiger partial charge in [0.05, 0.1) is 0 Å². The summed E-state index contributed by atoms with van der Waals surface area (Å²) in [5, 5.41) is 2.09. The molecule has 0 saturated heterocycles. The van der Waals surface area contributed by atoms with Crippen molar-refractivity contribution >= 4 is 11.3 Å². The van der Waals surface area contributed by atoms with Gasteiger partial charge in [-0.05, 0) is 36.4 Å². The average molecular weight is 275 g/mol. The fourth-order valence-electron chi connectivity index (χ4n) is 2.20. The molecule has 19 heavy (non-hydrogen) atoms. The number of fused-ring (bicyclic) bond motifs is 1. The Labute approximate surface area is 117 Å². The Bertz CT molecular complexity index is 527. The number of hydrogen-bond donors (Lipinski definition) is 1. The van der Waals surface area contributed by atoms with Gasteiger partial charge in [-0.25, -0.2) is 0 Å². The van der Waals surface area contributed by atoms with Gasteiger partial charge >= 0.3 is 0 Å². The molecule has 0 bridgehead atoms. The highest BCUT2D eigenvalue weighted by atomic mass is 32.1. The van der Waals surface area contributed by atoms with Crippen LogP contribution in [0.4, 0.5) is 0 Å². The zero-order valence-corrected chi connectivity index (χ0v) is 11.4. The number of rotatable bonds is 4. The Morgan fingerprint density at radius 2 is 2.05 bits per heavy atom. The van der Waals surface area contributed by atoms with Crippen molar-refractivity contribution in [2.24, 2.45) is 5.73 Å². The van der Waals surface area contributed by atoms with E-state index < -0.39 is 0 Å². The summed E-state index contributed by atoms with van der Waals surface area (Å²) in [5.74, 6) is 1.61. The number of para-hydroxylation sites is 2. The zero-order chi connectivity index (χ0) is 13.1. The summed E-state index contributed by atoms with van der Waals surface area (Å²) in [4.78, 5) is 1.37. The topological polar surface area (TPSA) is 44.5 Å². The lowest BCUT2D eigenvalue weighted by Crippen LogP contribution is -2.45. The maximum Gasteiger partial charge on any atom is 0.161 e. The van der Waals surface area contributed by atoms with Gasteiger partial charge in [0.15, 0.2) is 11.5 Å². The standard InChI is InChI=1S/C15H17NO2S/c16-12(8-7-11-4-3-9-19-11)15-10-17-13-5-1-2-6-14(13)18-15/h1-6,9,12,15H,7-8,10,16H2. The van der Waals surface area contributed by atoms with Gasteiger partial charge in [0.25, 0.3) is 0 Å². The van der Waals surface area contributed by atoms with E-state index in [1.807, 2.05) is 24.3 Å². The Balaban J connectivity index is 1.58. The van der Waals surface area contributed by atoms with Crippen LogP contribution in [-0.2, 0) is 6.42 Å². The third-order valence-corrected chi connectivity index (χ3v) is 4.25. The van der Waals surface area contributed by atoms with Crippen LogP contribution < -0.4 is 15.2 Å². The lowest BCUT2D eigenvalue weighted by atomic mass is 10.1. The number of thiophene rings is 1. The SMILES string of the molecule is NC(CCc1cccs1)C1COc2ccccc2O1. The second kappa shape index (κ2) is 5.63. The summed E-state index contributed by atoms with van der Waals surface area (Å²) < 4.78 is 11.6. The highest BCUT2D eigenvalue weighted by Gasteiger charge is 2.26. The molecule has 0 saturated carbocycles. The molecule has 1 aliphatic rings. The van der Waals surface area contributed by atoms with Crippen LogP contribution in [0.15, 0.2) is 41.8 Å². The van der Waals surface area contributed by atoms with Crippen LogP contribution in [0.1, 0.15) is 11.3 Å². The maximum atomic E-state index is 6.22. The van der Waals surface area contributed by atoms with Crippen molar-refractivity contribution < 1.29 is 9.47 Å². The van der Waals surface area contributed by atoms with Gasteiger partial charge < -0.3 is 15.2 Å². The van der Waals surface area contributed by atoms with E-state index in [4.69, 9.17) is 15.2 Å². The quantitative estimate of drug-likeness (QED) is 0.933. The van der Waals surface area contributed by atoms with Crippen LogP contribution in [0, 0.1) is 0 Å². The third-order valence-electron chi connectivity index (χ3n) is 3.31. The van der Waals surface area contributed by atoms with E-state index in [-0.39, 0.29) is 12.1 Å². The first-order chi connectivity index (χ1) is 9.33. The smallest absolute Gasteiger partial charge is 0.161 e. The van der Waals surface area contributed by atoms with Gasteiger partial charge in [0.2, 0.25) is 0 Å². The molecule has 1 aromatic heterocycles. The molecule has 2 atom stereocenters. The number of ether oxygens (including phenoxy) is 2. The Morgan fingerprint density at radius 1 is 1.21 bits per heavy atom. The molecule has 0 radical (unpaired) electrons. The fraction of sp³-hybridized carbons (Fsp3) is 0.333. The molecule has 0 fully saturated rings. The van der Waals surface area contributed by atoms with Crippen LogP contribution in [0.5, 0.6) is 11.5 Å². The van der Waals surface area contributed by atoms with E-state index in [1.54, 1.807) is 11.3 Å². The molecule has 3 nitrogen and oxygen atoms in total. The van der Waals surface area contributed by atoms with E-state index in [0.717, 1.165) is 24.3 Å². The minimum Gasteiger partial charge on any atom is -0.486 e. The molecule has 0 spiro atoms. The average Bonchev–Trinajstić information content (AvgIpc) is 2.97. The molecular weight excluding hydrogens is 258 g/mol. The second-order valence-corrected chi connectivity index (χ2v) is 5.73. The van der Waals surface area contributed by atoms with Gasteiger partial charge in [0, 0.05) is 10.9 Å². The minimum atomic E-state index is -0.0603. The first-order valence-corrected chi connectivity index (χ1v) is 7.37. The first kappa shape index (κ1) is 12.5. The molecule has 2 heterocycles. The van der Waals surface area contributed by atoms with Crippen LogP contribution in [0.3, 0.4) is 0 Å². The number of hydrogen-bond acceptors (Lipinski definition) is 4. The molecule has 2 N–H and O–H groups in total. The second-order valence-electron chi connectivity index (χ2n) is 4.70. The lowest BCUT2D eigenvalue weighted by molar-refractivity contribution is 0.0702. The monoisotopic (exact) mass is 275 g/mol. The van der Waals surface area contributed by atoms with Gasteiger partial charge in [-0.3, -0.25) is 0 Å². The summed E-state index contributed by atoms with van der Waals surface area (Å²) in [6, 6.07) is 11.9. The normalized spacial score (nSPS) is 19.1. The molecule has 3 rings (SSSR count). The summed E-state index contributed by atoms with van der Waals surface area (Å²) in [5.41, 5.74) is 6.22. The molecule has 0 aliphatic carbocycles. The van der Waals surface area contributed by atoms with E-state index in [1.165, 1.54) is 4.88 Å². The third kappa shape index (κ3) is 2.91. The van der Waals surface area contributed by atoms with Crippen LogP contribution in [0.2, 0.25) is 0 Å². The highest BCUT2D eigenvalue weighted by Crippen LogP contribution is 2.31. The Morgan fingerprint density at radius 3 is 2.84 bits per heavy atom. The lowest BCUT2D eigenvalue weighted by Gasteiger charge is -2.30. The molecule has 1 aliphatic heterocycles. The molecule has 0 amide bonds. The van der Waals surface area contributed by atoms with Crippen LogP contribution in [-0.4, -0.2) is 18.8 Å². The van der Waals surface area contributed by atoms with Crippen molar-refractivity contribution in [1.82, 2.24) is 0 Å². The van der Waals surface area contributed by atoms with Crippen molar-refractivity contribution in [2.45, 2.75) is 25.0 Å². The largest absolute Gasteiger partial charge is 0.486 e. The van der Waals surface area contributed by atoms with Crippen molar-refractivity contribution in [1.29, 1.82) is 0 Å². The first-order valence-electron chi connectivity index (χ1n) is 6.49. The Hall–Kier alpha value is -1.52. The Kier molecular flexibility index (Phi) is 3.71. The van der Waals surface area contributed by atoms with Crippen LogP contribution in [0.25, 0.3) is 0 Å². The van der Waals surface area contributed by atoms with Crippen molar-refractivity contribution in [3.8, 4) is 11.5 Å². The summed E-state index contributed by atoms with van der Waals surface area (Å²) in [7, 11) is 0. The van der Waals surface area contributed by atoms with Gasteiger partial charge in [0.1, 0.15) is 12.7 Å². The predicted octanol–water partition coefficient (Wildman–Crippen LogP) is 2.85. The van der Waals surface area contributed by atoms with Gasteiger partial charge in [-0.2, -0.15) is 0 Å². The zero-order valence-electron chi connectivity index (χ0n) is 10.6. The molecule has 100 valence electrons. The molecular formula is C15H17NO2S. The maximum absolute atomic E-state index is 6.22. The number of benzene rings is 1. The van der Waals surface area contributed by atoms with E-state index in [0.29, 0.717) is 6.61 Å².